The highest BCUT2D eigenvalue weighted by Gasteiger charge is 2.21. The van der Waals surface area contributed by atoms with Crippen LogP contribution in [0.4, 0.5) is 10.5 Å². The van der Waals surface area contributed by atoms with Crippen molar-refractivity contribution in [2.75, 3.05) is 4.31 Å². The lowest BCUT2D eigenvalue weighted by atomic mass is 10.3. The quantitative estimate of drug-likeness (QED) is 0.786. The van der Waals surface area contributed by atoms with Gasteiger partial charge in [0.1, 0.15) is 0 Å². The molecule has 1 rings (SSSR count). The Morgan fingerprint density at radius 1 is 1.43 bits per heavy atom. The predicted octanol–water partition coefficient (Wildman–Crippen LogP) is 0.706. The molecule has 0 spiro atoms. The van der Waals surface area contributed by atoms with E-state index in [0.29, 0.717) is 4.31 Å². The van der Waals surface area contributed by atoms with Crippen LogP contribution in [0.15, 0.2) is 30.3 Å². The number of amides is 2. The van der Waals surface area contributed by atoms with E-state index in [1.807, 2.05) is 0 Å². The molecule has 0 fully saturated rings. The topological polar surface area (TPSA) is 83.6 Å². The number of urea groups is 1. The van der Waals surface area contributed by atoms with Gasteiger partial charge in [0.2, 0.25) is 8.96 Å². The normalized spacial score (nSPS) is 14.4. The van der Waals surface area contributed by atoms with E-state index in [9.17, 15) is 9.00 Å². The molecule has 1 unspecified atom stereocenters. The molecule has 0 bridgehead atoms. The lowest BCUT2D eigenvalue weighted by molar-refractivity contribution is 0.256. The summed E-state index contributed by atoms with van der Waals surface area (Å²) in [6.45, 7) is 0. The van der Waals surface area contributed by atoms with Crippen molar-refractivity contribution in [2.45, 2.75) is 0 Å². The third kappa shape index (κ3) is 2.41. The van der Waals surface area contributed by atoms with Crippen LogP contribution in [0.25, 0.3) is 0 Å². The molecule has 0 saturated carbocycles. The molecule has 7 heteroatoms. The Labute approximate surface area is 86.1 Å². The molecule has 1 aromatic carbocycles. The fourth-order valence-electron chi connectivity index (χ4n) is 0.938. The van der Waals surface area contributed by atoms with Crippen molar-refractivity contribution in [3.63, 3.8) is 0 Å². The van der Waals surface area contributed by atoms with Crippen molar-refractivity contribution >= 4 is 31.9 Å². The number of benzene rings is 1. The molecule has 5 nitrogen and oxygen atoms in total. The van der Waals surface area contributed by atoms with Crippen molar-refractivity contribution in [1.82, 2.24) is 0 Å². The summed E-state index contributed by atoms with van der Waals surface area (Å²) in [4.78, 5) is 10.9. The summed E-state index contributed by atoms with van der Waals surface area (Å²) in [6.07, 6.45) is 0. The highest BCUT2D eigenvalue weighted by Crippen LogP contribution is 2.15. The van der Waals surface area contributed by atoms with Crippen molar-refractivity contribution in [3.05, 3.63) is 30.3 Å². The van der Waals surface area contributed by atoms with Crippen molar-refractivity contribution in [3.8, 4) is 0 Å². The van der Waals surface area contributed by atoms with E-state index in [2.05, 4.69) is 11.2 Å². The van der Waals surface area contributed by atoms with E-state index in [-0.39, 0.29) is 5.69 Å². The van der Waals surface area contributed by atoms with Crippen LogP contribution in [-0.2, 0) is 20.1 Å². The molecule has 2 amide bonds. The lowest BCUT2D eigenvalue weighted by Crippen LogP contribution is -2.39. The number of carbonyl (C=O) groups excluding carboxylic acids is 1. The predicted molar refractivity (Wildman–Crippen MR) is 56.6 cm³/mol. The second-order valence-electron chi connectivity index (χ2n) is 2.42. The smallest absolute Gasteiger partial charge is 0.333 e. The van der Waals surface area contributed by atoms with Crippen molar-refractivity contribution in [1.29, 1.82) is 0 Å². The van der Waals surface area contributed by atoms with E-state index in [1.54, 1.807) is 18.2 Å². The first-order valence-corrected chi connectivity index (χ1v) is 5.95. The Bertz CT molecular complexity index is 430. The van der Waals surface area contributed by atoms with Crippen LogP contribution in [0.1, 0.15) is 0 Å². The van der Waals surface area contributed by atoms with E-state index < -0.39 is 15.0 Å². The molecule has 1 aromatic rings. The zero-order valence-electron chi connectivity index (χ0n) is 6.99. The average molecular weight is 232 g/mol. The van der Waals surface area contributed by atoms with Gasteiger partial charge in [0.05, 0.1) is 5.69 Å². The van der Waals surface area contributed by atoms with Gasteiger partial charge in [0.25, 0.3) is 0 Å². The molecule has 1 atom stereocenters. The van der Waals surface area contributed by atoms with Crippen LogP contribution in [0.5, 0.6) is 0 Å². The summed E-state index contributed by atoms with van der Waals surface area (Å²) in [5, 5.41) is 0. The molecular formula is C7H8N2O3S2. The third-order valence-corrected chi connectivity index (χ3v) is 2.72. The van der Waals surface area contributed by atoms with Crippen molar-refractivity contribution in [2.24, 2.45) is 5.73 Å². The third-order valence-electron chi connectivity index (χ3n) is 1.42. The van der Waals surface area contributed by atoms with Gasteiger partial charge < -0.3 is 5.73 Å². The van der Waals surface area contributed by atoms with E-state index >= 15 is 0 Å². The minimum Gasteiger partial charge on any atom is -0.350 e. The van der Waals surface area contributed by atoms with Gasteiger partial charge >= 0.3 is 6.03 Å². The standard InChI is InChI=1S/C7H8N2O3S2/c8-7(10)9(14(11,12)13)6-4-2-1-3-5-6/h1-5H,(H2,8,10)(H,11,12,13). The van der Waals surface area contributed by atoms with E-state index in [4.69, 9.17) is 10.3 Å². The number of primary amides is 1. The number of anilines is 1. The van der Waals surface area contributed by atoms with E-state index in [0.717, 1.165) is 0 Å². The summed E-state index contributed by atoms with van der Waals surface area (Å²) in [5.41, 5.74) is 5.13. The minimum atomic E-state index is -3.83. The first-order chi connectivity index (χ1) is 6.43. The average Bonchev–Trinajstić information content (AvgIpc) is 2.02. The largest absolute Gasteiger partial charge is 0.350 e. The first-order valence-electron chi connectivity index (χ1n) is 3.55. The van der Waals surface area contributed by atoms with Gasteiger partial charge in [-0.25, -0.2) is 9.00 Å². The zero-order chi connectivity index (χ0) is 10.8. The number of hydrogen-bond acceptors (Lipinski definition) is 3. The van der Waals surface area contributed by atoms with Crippen LogP contribution in [-0.4, -0.2) is 14.8 Å². The van der Waals surface area contributed by atoms with Crippen LogP contribution in [0, 0.1) is 0 Å². The number of carbonyl (C=O) groups is 1. The summed E-state index contributed by atoms with van der Waals surface area (Å²) in [7, 11) is -3.83. The molecule has 0 saturated heterocycles. The maximum atomic E-state index is 11.1. The van der Waals surface area contributed by atoms with Gasteiger partial charge in [0, 0.05) is 11.2 Å². The van der Waals surface area contributed by atoms with Gasteiger partial charge in [-0.15, -0.1) is 0 Å². The van der Waals surface area contributed by atoms with Crippen LogP contribution < -0.4 is 10.0 Å². The Morgan fingerprint density at radius 2 is 1.93 bits per heavy atom. The van der Waals surface area contributed by atoms with Gasteiger partial charge in [-0.2, -0.15) is 4.31 Å². The summed E-state index contributed by atoms with van der Waals surface area (Å²) in [5.74, 6) is 0. The van der Waals surface area contributed by atoms with Gasteiger partial charge in [-0.1, -0.05) is 18.2 Å². The molecule has 0 aliphatic carbocycles. The lowest BCUT2D eigenvalue weighted by Gasteiger charge is -2.17. The summed E-state index contributed by atoms with van der Waals surface area (Å²) in [6, 6.07) is 6.78. The number of nitrogens with two attached hydrogens (primary N) is 1. The number of para-hydroxylation sites is 1. The van der Waals surface area contributed by atoms with Gasteiger partial charge in [-0.05, 0) is 12.1 Å². The number of rotatable bonds is 2. The molecule has 3 N–H and O–H groups in total. The Morgan fingerprint density at radius 3 is 2.29 bits per heavy atom. The second kappa shape index (κ2) is 3.91. The molecule has 14 heavy (non-hydrogen) atoms. The maximum absolute atomic E-state index is 11.1. The van der Waals surface area contributed by atoms with Crippen LogP contribution >= 0.6 is 0 Å². The molecule has 0 radical (unpaired) electrons. The Kier molecular flexibility index (Phi) is 3.04. The van der Waals surface area contributed by atoms with Gasteiger partial charge in [-0.3, -0.25) is 4.55 Å². The Balaban J connectivity index is 3.22. The highest BCUT2D eigenvalue weighted by atomic mass is 32.8. The van der Waals surface area contributed by atoms with E-state index in [1.165, 1.54) is 12.1 Å². The fourth-order valence-corrected chi connectivity index (χ4v) is 2.03. The zero-order valence-corrected chi connectivity index (χ0v) is 8.62. The first kappa shape index (κ1) is 10.9. The molecular weight excluding hydrogens is 224 g/mol. The number of hydrogen-bond donors (Lipinski definition) is 2. The highest BCUT2D eigenvalue weighted by molar-refractivity contribution is 8.30. The van der Waals surface area contributed by atoms with Crippen LogP contribution in [0.2, 0.25) is 0 Å². The summed E-state index contributed by atoms with van der Waals surface area (Å²) >= 11 is 4.27. The Hall–Kier alpha value is -1.18. The summed E-state index contributed by atoms with van der Waals surface area (Å²) < 4.78 is 20.7. The second-order valence-corrected chi connectivity index (χ2v) is 4.98. The molecule has 76 valence electrons. The fraction of sp³-hybridized carbons (Fsp3) is 0. The van der Waals surface area contributed by atoms with Crippen LogP contribution in [0.3, 0.4) is 0 Å². The molecule has 0 aliphatic heterocycles. The number of nitrogens with zero attached hydrogens (tertiary/aromatic N) is 1. The molecule has 0 aromatic heterocycles. The molecule has 0 aliphatic rings. The maximum Gasteiger partial charge on any atom is 0.333 e. The minimum absolute atomic E-state index is 0.197. The van der Waals surface area contributed by atoms with Crippen molar-refractivity contribution < 1.29 is 13.6 Å². The SMILES string of the molecule is NC(=O)N(c1ccccc1)S(=O)(O)=S. The monoisotopic (exact) mass is 232 g/mol. The van der Waals surface area contributed by atoms with Gasteiger partial charge in [0.15, 0.2) is 0 Å². The molecule has 0 heterocycles.